The number of piperazine rings is 1. The molecule has 3 aromatic heterocycles. The summed E-state index contributed by atoms with van der Waals surface area (Å²) in [4.78, 5) is 66.1. The molecular weight excluding hydrogens is 1180 g/mol. The molecule has 3 saturated heterocycles. The van der Waals surface area contributed by atoms with Crippen molar-refractivity contribution in [3.05, 3.63) is 119 Å². The molecule has 3 amide bonds. The van der Waals surface area contributed by atoms with Gasteiger partial charge in [0.1, 0.15) is 42.5 Å². The van der Waals surface area contributed by atoms with Gasteiger partial charge in [-0.15, -0.1) is 11.3 Å². The number of nitrogens with zero attached hydrogens (tertiary/aromatic N) is 10. The average molecular weight is 1270 g/mol. The summed E-state index contributed by atoms with van der Waals surface area (Å²) in [5.74, 6) is 0.211. The van der Waals surface area contributed by atoms with Crippen LogP contribution in [-0.4, -0.2) is 207 Å². The Morgan fingerprint density at radius 3 is 2.31 bits per heavy atom. The number of aliphatic hydroxyl groups is 1. The third kappa shape index (κ3) is 16.9. The molecule has 6 aromatic rings. The van der Waals surface area contributed by atoms with Gasteiger partial charge in [-0.1, -0.05) is 74.1 Å². The number of thiazole rings is 1. The van der Waals surface area contributed by atoms with Crippen molar-refractivity contribution in [3.63, 3.8) is 0 Å². The minimum Gasteiger partial charge on any atom is -0.491 e. The molecular formula is C67H85N11O12S. The van der Waals surface area contributed by atoms with Crippen molar-refractivity contribution in [3.8, 4) is 28.3 Å². The van der Waals surface area contributed by atoms with Crippen LogP contribution in [0, 0.1) is 31.1 Å². The molecule has 91 heavy (non-hydrogen) atoms. The molecule has 0 spiro atoms. The van der Waals surface area contributed by atoms with Crippen LogP contribution >= 0.6 is 11.3 Å². The smallest absolute Gasteiger partial charge is 0.318 e. The van der Waals surface area contributed by atoms with E-state index in [9.17, 15) is 24.8 Å². The molecule has 0 bridgehead atoms. The van der Waals surface area contributed by atoms with E-state index >= 15 is 0 Å². The fourth-order valence-electron chi connectivity index (χ4n) is 12.5. The number of aryl methyl sites for hydroxylation is 2. The fraction of sp³-hybridized carbons (Fsp3) is 0.522. The summed E-state index contributed by atoms with van der Waals surface area (Å²) in [6.45, 7) is 19.3. The number of hydrogen-bond acceptors (Lipinski definition) is 21. The monoisotopic (exact) mass is 1270 g/mol. The van der Waals surface area contributed by atoms with Gasteiger partial charge in [-0.05, 0) is 68.8 Å². The van der Waals surface area contributed by atoms with Crippen molar-refractivity contribution in [1.29, 1.82) is 5.26 Å². The summed E-state index contributed by atoms with van der Waals surface area (Å²) in [5, 5.41) is 29.7. The lowest BCUT2D eigenvalue weighted by Gasteiger charge is -2.42. The minimum atomic E-state index is -0.859. The number of benzene rings is 3. The Balaban J connectivity index is 0.610. The number of carbonyl (C=O) groups excluding carboxylic acids is 3. The third-order valence-corrected chi connectivity index (χ3v) is 18.2. The van der Waals surface area contributed by atoms with E-state index in [1.165, 1.54) is 33.1 Å². The quantitative estimate of drug-likeness (QED) is 0.0340. The molecule has 23 nitrogen and oxygen atoms in total. The van der Waals surface area contributed by atoms with Crippen LogP contribution in [0.25, 0.3) is 21.2 Å². The highest BCUT2D eigenvalue weighted by molar-refractivity contribution is 7.13. The van der Waals surface area contributed by atoms with E-state index in [0.717, 1.165) is 70.4 Å². The molecule has 3 aromatic carbocycles. The maximum absolute atomic E-state index is 13.9. The van der Waals surface area contributed by atoms with Crippen molar-refractivity contribution < 1.29 is 57.2 Å². The van der Waals surface area contributed by atoms with Crippen molar-refractivity contribution in [2.45, 2.75) is 103 Å². The van der Waals surface area contributed by atoms with Gasteiger partial charge in [0.05, 0.1) is 124 Å². The summed E-state index contributed by atoms with van der Waals surface area (Å²) >= 11 is 1.53. The number of likely N-dealkylation sites (tertiary alicyclic amines) is 2. The van der Waals surface area contributed by atoms with Crippen molar-refractivity contribution in [2.75, 3.05) is 129 Å². The Labute approximate surface area is 536 Å². The van der Waals surface area contributed by atoms with Crippen molar-refractivity contribution >= 4 is 51.3 Å². The maximum atomic E-state index is 13.9. The van der Waals surface area contributed by atoms with Crippen LogP contribution in [0.5, 0.6) is 11.8 Å². The summed E-state index contributed by atoms with van der Waals surface area (Å²) in [6.07, 6.45) is 2.32. The van der Waals surface area contributed by atoms with Gasteiger partial charge in [-0.25, -0.2) is 4.98 Å². The zero-order chi connectivity index (χ0) is 63.8. The van der Waals surface area contributed by atoms with E-state index < -0.39 is 18.1 Å². The highest BCUT2D eigenvalue weighted by atomic mass is 32.1. The second-order valence-electron chi connectivity index (χ2n) is 23.8. The molecule has 0 unspecified atom stereocenters. The number of rotatable bonds is 31. The van der Waals surface area contributed by atoms with Crippen molar-refractivity contribution in [2.24, 2.45) is 5.92 Å². The lowest BCUT2D eigenvalue weighted by molar-refractivity contribution is -0.141. The van der Waals surface area contributed by atoms with E-state index in [2.05, 4.69) is 92.3 Å². The first-order chi connectivity index (χ1) is 44.3. The molecule has 4 aliphatic heterocycles. The molecule has 0 saturated carbocycles. The molecule has 10 rings (SSSR count). The lowest BCUT2D eigenvalue weighted by Crippen LogP contribution is -2.55. The Bertz CT molecular complexity index is 3460. The van der Waals surface area contributed by atoms with Gasteiger partial charge in [0.15, 0.2) is 0 Å². The van der Waals surface area contributed by atoms with E-state index in [1.54, 1.807) is 23.4 Å². The first kappa shape index (κ1) is 66.3. The summed E-state index contributed by atoms with van der Waals surface area (Å²) < 4.78 is 47.7. The summed E-state index contributed by atoms with van der Waals surface area (Å²) in [6, 6.07) is 23.9. The number of hydrogen-bond donors (Lipinski definition) is 2. The highest BCUT2D eigenvalue weighted by Crippen LogP contribution is 2.37. The van der Waals surface area contributed by atoms with Crippen LogP contribution in [0.2, 0.25) is 0 Å². The fourth-order valence-corrected chi connectivity index (χ4v) is 13.3. The van der Waals surface area contributed by atoms with E-state index in [1.807, 2.05) is 39.0 Å². The van der Waals surface area contributed by atoms with Crippen LogP contribution in [0.15, 0.2) is 89.4 Å². The molecule has 486 valence electrons. The van der Waals surface area contributed by atoms with Gasteiger partial charge in [-0.3, -0.25) is 19.3 Å². The van der Waals surface area contributed by atoms with E-state index in [4.69, 9.17) is 47.6 Å². The molecule has 0 aliphatic carbocycles. The number of ether oxygens (including phenoxy) is 7. The molecule has 2 N–H and O–H groups in total. The van der Waals surface area contributed by atoms with Gasteiger partial charge in [-0.2, -0.15) is 15.2 Å². The molecule has 0 radical (unpaired) electrons. The molecule has 7 heterocycles. The number of aromatic nitrogens is 4. The van der Waals surface area contributed by atoms with Crippen LogP contribution in [0.4, 0.5) is 11.5 Å². The van der Waals surface area contributed by atoms with Crippen LogP contribution in [0.1, 0.15) is 73.0 Å². The Morgan fingerprint density at radius 2 is 1.59 bits per heavy atom. The minimum absolute atomic E-state index is 0.0100. The first-order valence-electron chi connectivity index (χ1n) is 31.5. The molecule has 4 aliphatic rings. The van der Waals surface area contributed by atoms with Gasteiger partial charge in [0, 0.05) is 86.5 Å². The topological polar surface area (TPSA) is 253 Å². The van der Waals surface area contributed by atoms with Crippen molar-refractivity contribution in [1.82, 2.24) is 40.1 Å². The average Bonchev–Trinajstić information content (AvgIpc) is 1.23. The highest BCUT2D eigenvalue weighted by Gasteiger charge is 2.43. The second-order valence-corrected chi connectivity index (χ2v) is 24.7. The number of carbonyl (C=O) groups is 3. The standard InChI is InChI=1S/C67H85N11O12S/c1-7-61(80)77-22-21-76(38-50(77)17-19-68)64-55-18-20-75(57-14-10-12-47-11-8-9-13-54(47)57)41-56(55)71-67(72-64)89-42-51-35-53(40-74(51)6)87-31-29-85-27-25-83-23-24-84-26-28-86-30-32-88-59-34-48(63-46(5)70-43-91-63)15-16-49(59)37-69-65(81)58-36-52(79)39-78(58)66(82)62(44(2)3)60-33-45(4)73-90-60/h7-16,33-34,43-44,50-53,58,62,79H,1,17-18,20-32,35-42H2,2-6H3,(H,69,81)/t50-,51-,52+,53+,58-,62-/m0/s1. The van der Waals surface area contributed by atoms with Crippen LogP contribution < -0.4 is 24.6 Å². The van der Waals surface area contributed by atoms with Crippen LogP contribution in [-0.2, 0) is 57.6 Å². The predicted octanol–water partition coefficient (Wildman–Crippen LogP) is 6.67. The zero-order valence-corrected chi connectivity index (χ0v) is 53.7. The number of fused-ring (bicyclic) bond motifs is 2. The zero-order valence-electron chi connectivity index (χ0n) is 52.8. The molecule has 3 fully saturated rings. The number of anilines is 2. The van der Waals surface area contributed by atoms with Gasteiger partial charge in [0.25, 0.3) is 0 Å². The number of amides is 3. The second kappa shape index (κ2) is 32.1. The van der Waals surface area contributed by atoms with Crippen LogP contribution in [0.3, 0.4) is 0 Å². The largest absolute Gasteiger partial charge is 0.491 e. The van der Waals surface area contributed by atoms with E-state index in [0.29, 0.717) is 115 Å². The number of nitriles is 1. The number of likely N-dealkylation sites (N-methyl/N-ethyl adjacent to an activating group) is 1. The lowest BCUT2D eigenvalue weighted by atomic mass is 9.91. The number of aliphatic hydroxyl groups excluding tert-OH is 1. The Morgan fingerprint density at radius 1 is 0.846 bits per heavy atom. The summed E-state index contributed by atoms with van der Waals surface area (Å²) in [7, 11) is 2.08. The normalized spacial score (nSPS) is 19.6. The molecule has 6 atom stereocenters. The maximum Gasteiger partial charge on any atom is 0.318 e. The molecule has 24 heteroatoms. The van der Waals surface area contributed by atoms with Gasteiger partial charge >= 0.3 is 6.01 Å². The Hall–Kier alpha value is -7.60. The van der Waals surface area contributed by atoms with Gasteiger partial charge in [0.2, 0.25) is 17.7 Å². The Kier molecular flexibility index (Phi) is 23.4. The first-order valence-corrected chi connectivity index (χ1v) is 32.4. The van der Waals surface area contributed by atoms with E-state index in [-0.39, 0.29) is 74.4 Å². The predicted molar refractivity (Wildman–Crippen MR) is 343 cm³/mol. The van der Waals surface area contributed by atoms with Gasteiger partial charge < -0.3 is 67.7 Å². The summed E-state index contributed by atoms with van der Waals surface area (Å²) in [5.41, 5.74) is 8.17. The number of β-amino-alcohol motifs (C(OH)–C–C–N with tert-alkyl or cyclic N) is 1. The third-order valence-electron chi connectivity index (χ3n) is 17.2. The SMILES string of the molecule is C=CC(=O)N1CCN(c2nc(OC[C@@H]3C[C@@H](OCCOCCOCCOCCOCCOc4cc(-c5scnc5C)ccc4CNC(=O)[C@@H]4C[C@@H](O)CN4C(=O)[C@H](c4cc(C)no4)C(C)C)CN3C)nc3c2CCN(c2cccc4ccccc24)C3)C[C@@H]1CC#N. The number of nitrogens with one attached hydrogen (secondary N) is 1.